The van der Waals surface area contributed by atoms with Crippen molar-refractivity contribution in [2.75, 3.05) is 7.11 Å². The lowest BCUT2D eigenvalue weighted by atomic mass is 9.85. The highest BCUT2D eigenvalue weighted by Gasteiger charge is 2.59. The fraction of sp³-hybridized carbons (Fsp3) is 0.400. The number of esters is 1. The Morgan fingerprint density at radius 1 is 1.27 bits per heavy atom. The fourth-order valence-electron chi connectivity index (χ4n) is 4.39. The quantitative estimate of drug-likeness (QED) is 0.173. The van der Waals surface area contributed by atoms with Gasteiger partial charge in [-0.1, -0.05) is 12.2 Å². The lowest BCUT2D eigenvalue weighted by Crippen LogP contribution is -2.28. The summed E-state index contributed by atoms with van der Waals surface area (Å²) < 4.78 is 9.87. The van der Waals surface area contributed by atoms with E-state index in [1.54, 1.807) is 0 Å². The molecule has 2 amide bonds. The maximum absolute atomic E-state index is 12.6. The van der Waals surface area contributed by atoms with Gasteiger partial charge in [-0.2, -0.15) is 10.1 Å². The van der Waals surface area contributed by atoms with E-state index in [1.807, 2.05) is 12.2 Å². The third-order valence-electron chi connectivity index (χ3n) is 5.79. The number of hydrazone groups is 1. The van der Waals surface area contributed by atoms with Crippen LogP contribution in [0.2, 0.25) is 0 Å². The monoisotopic (exact) mass is 413 g/mol. The molecule has 3 aliphatic rings. The maximum Gasteiger partial charge on any atom is 0.346 e. The molecule has 2 fully saturated rings. The zero-order chi connectivity index (χ0) is 21.6. The molecule has 1 heterocycles. The van der Waals surface area contributed by atoms with Crippen LogP contribution in [0.15, 0.2) is 35.5 Å². The molecular formula is C20H19N3O7. The molecule has 30 heavy (non-hydrogen) atoms. The third-order valence-corrected chi connectivity index (χ3v) is 5.79. The van der Waals surface area contributed by atoms with Crippen molar-refractivity contribution in [2.24, 2.45) is 28.8 Å². The predicted octanol–water partition coefficient (Wildman–Crippen LogP) is 1.68. The van der Waals surface area contributed by atoms with Gasteiger partial charge < -0.3 is 9.47 Å². The zero-order valence-electron chi connectivity index (χ0n) is 16.3. The topological polar surface area (TPSA) is 128 Å². The average Bonchev–Trinajstić information content (AvgIpc) is 3.40. The Balaban J connectivity index is 1.54. The number of ether oxygens (including phenoxy) is 2. The Bertz CT molecular complexity index is 972. The van der Waals surface area contributed by atoms with Gasteiger partial charge in [0, 0.05) is 11.6 Å². The zero-order valence-corrected chi connectivity index (χ0v) is 16.3. The number of nitro benzene ring substituents is 1. The summed E-state index contributed by atoms with van der Waals surface area (Å²) in [6, 6.07) is 4.00. The maximum atomic E-state index is 12.6. The van der Waals surface area contributed by atoms with E-state index in [9.17, 15) is 24.5 Å². The summed E-state index contributed by atoms with van der Waals surface area (Å²) in [5, 5.41) is 16.3. The largest absolute Gasteiger partial charge is 0.472 e. The molecule has 0 N–H and O–H groups in total. The van der Waals surface area contributed by atoms with E-state index in [4.69, 9.17) is 4.74 Å². The minimum Gasteiger partial charge on any atom is -0.472 e. The van der Waals surface area contributed by atoms with Gasteiger partial charge in [-0.3, -0.25) is 19.7 Å². The first-order valence-electron chi connectivity index (χ1n) is 9.45. The summed E-state index contributed by atoms with van der Waals surface area (Å²) in [6.07, 6.45) is 4.99. The van der Waals surface area contributed by atoms with Crippen LogP contribution in [0.1, 0.15) is 18.9 Å². The number of benzene rings is 1. The molecule has 156 valence electrons. The van der Waals surface area contributed by atoms with Crippen molar-refractivity contribution >= 4 is 29.7 Å². The van der Waals surface area contributed by atoms with Gasteiger partial charge in [-0.25, -0.2) is 4.79 Å². The SMILES string of the molecule is COC(=O)C(C)Oc1ccc(C=NN2C(=O)C3C4C=CC(C4)C3C2=O)cc1[N+](=O)[O-]. The second-order valence-electron chi connectivity index (χ2n) is 7.50. The number of nitrogens with zero attached hydrogens (tertiary/aromatic N) is 3. The molecule has 1 saturated carbocycles. The number of rotatable bonds is 6. The molecule has 1 aromatic carbocycles. The number of methoxy groups -OCH3 is 1. The third kappa shape index (κ3) is 3.14. The Morgan fingerprint density at radius 3 is 2.47 bits per heavy atom. The highest BCUT2D eigenvalue weighted by molar-refractivity contribution is 6.06. The number of carbonyl (C=O) groups is 3. The van der Waals surface area contributed by atoms with Gasteiger partial charge in [0.25, 0.3) is 11.8 Å². The number of imide groups is 1. The number of amides is 2. The number of nitro groups is 1. The predicted molar refractivity (Wildman–Crippen MR) is 102 cm³/mol. The Kier molecular flexibility index (Phi) is 4.84. The lowest BCUT2D eigenvalue weighted by molar-refractivity contribution is -0.386. The molecular weight excluding hydrogens is 394 g/mol. The van der Waals surface area contributed by atoms with E-state index in [2.05, 4.69) is 9.84 Å². The van der Waals surface area contributed by atoms with E-state index in [1.165, 1.54) is 38.4 Å². The highest BCUT2D eigenvalue weighted by Crippen LogP contribution is 2.52. The molecule has 5 atom stereocenters. The van der Waals surface area contributed by atoms with Crippen LogP contribution in [-0.2, 0) is 19.1 Å². The number of hydrogen-bond donors (Lipinski definition) is 0. The molecule has 0 radical (unpaired) electrons. The molecule has 5 unspecified atom stereocenters. The summed E-state index contributed by atoms with van der Waals surface area (Å²) in [4.78, 5) is 47.5. The van der Waals surface area contributed by atoms with Gasteiger partial charge in [0.1, 0.15) is 0 Å². The van der Waals surface area contributed by atoms with Crippen LogP contribution in [0.3, 0.4) is 0 Å². The van der Waals surface area contributed by atoms with Gasteiger partial charge in [0.15, 0.2) is 11.9 Å². The van der Waals surface area contributed by atoms with Crippen molar-refractivity contribution in [1.82, 2.24) is 5.01 Å². The molecule has 1 aliphatic heterocycles. The van der Waals surface area contributed by atoms with Crippen molar-refractivity contribution in [3.8, 4) is 5.75 Å². The Morgan fingerprint density at radius 2 is 1.90 bits per heavy atom. The molecule has 0 aromatic heterocycles. The summed E-state index contributed by atoms with van der Waals surface area (Å²) in [5.41, 5.74) is -0.0774. The summed E-state index contributed by atoms with van der Waals surface area (Å²) in [5.74, 6) is -2.03. The highest BCUT2D eigenvalue weighted by atomic mass is 16.6. The smallest absolute Gasteiger partial charge is 0.346 e. The first kappa shape index (κ1) is 19.7. The van der Waals surface area contributed by atoms with Crippen LogP contribution in [0.4, 0.5) is 5.69 Å². The van der Waals surface area contributed by atoms with Gasteiger partial charge in [-0.15, -0.1) is 0 Å². The van der Waals surface area contributed by atoms with Gasteiger partial charge in [0.05, 0.1) is 30.1 Å². The van der Waals surface area contributed by atoms with E-state index in [0.29, 0.717) is 5.56 Å². The van der Waals surface area contributed by atoms with E-state index >= 15 is 0 Å². The van der Waals surface area contributed by atoms with E-state index in [0.717, 1.165) is 11.4 Å². The summed E-state index contributed by atoms with van der Waals surface area (Å²) >= 11 is 0. The molecule has 10 heteroatoms. The minimum atomic E-state index is -1.03. The van der Waals surface area contributed by atoms with Gasteiger partial charge in [-0.05, 0) is 37.3 Å². The number of hydrogen-bond acceptors (Lipinski definition) is 8. The summed E-state index contributed by atoms with van der Waals surface area (Å²) in [7, 11) is 1.19. The van der Waals surface area contributed by atoms with Gasteiger partial charge in [0.2, 0.25) is 0 Å². The van der Waals surface area contributed by atoms with Crippen LogP contribution in [0, 0.1) is 33.8 Å². The molecule has 4 rings (SSSR count). The second kappa shape index (κ2) is 7.36. The van der Waals surface area contributed by atoms with Crippen LogP contribution >= 0.6 is 0 Å². The first-order chi connectivity index (χ1) is 14.3. The number of carbonyl (C=O) groups excluding carboxylic acids is 3. The molecule has 2 bridgehead atoms. The molecule has 10 nitrogen and oxygen atoms in total. The van der Waals surface area contributed by atoms with E-state index in [-0.39, 0.29) is 46.9 Å². The van der Waals surface area contributed by atoms with Crippen molar-refractivity contribution in [3.05, 3.63) is 46.0 Å². The van der Waals surface area contributed by atoms with Crippen molar-refractivity contribution in [3.63, 3.8) is 0 Å². The van der Waals surface area contributed by atoms with Crippen molar-refractivity contribution in [2.45, 2.75) is 19.4 Å². The molecule has 2 aliphatic carbocycles. The standard InChI is InChI=1S/C20H19N3O7/c1-10(20(26)29-2)30-15-6-3-11(7-14(15)23(27)28)9-21-22-18(24)16-12-4-5-13(8-12)17(16)19(22)25/h3-7,9-10,12-13,16-17H,8H2,1-2H3. The lowest BCUT2D eigenvalue weighted by Gasteiger charge is -2.13. The normalized spacial score (nSPS) is 27.6. The molecule has 1 aromatic rings. The van der Waals surface area contributed by atoms with Crippen LogP contribution < -0.4 is 4.74 Å². The number of allylic oxidation sites excluding steroid dienone is 2. The second-order valence-corrected chi connectivity index (χ2v) is 7.50. The van der Waals surface area contributed by atoms with Gasteiger partial charge >= 0.3 is 11.7 Å². The Labute approximate surface area is 171 Å². The van der Waals surface area contributed by atoms with Crippen LogP contribution in [0.25, 0.3) is 0 Å². The van der Waals surface area contributed by atoms with Crippen LogP contribution in [0.5, 0.6) is 5.75 Å². The van der Waals surface area contributed by atoms with Crippen molar-refractivity contribution < 1.29 is 28.8 Å². The molecule has 1 saturated heterocycles. The minimum absolute atomic E-state index is 0.0750. The van der Waals surface area contributed by atoms with E-state index < -0.39 is 17.0 Å². The number of fused-ring (bicyclic) bond motifs is 5. The summed E-state index contributed by atoms with van der Waals surface area (Å²) in [6.45, 7) is 1.41. The van der Waals surface area contributed by atoms with Crippen molar-refractivity contribution in [1.29, 1.82) is 0 Å². The first-order valence-corrected chi connectivity index (χ1v) is 9.45. The fourth-order valence-corrected chi connectivity index (χ4v) is 4.39. The average molecular weight is 413 g/mol. The van der Waals surface area contributed by atoms with Crippen LogP contribution in [-0.4, -0.2) is 47.1 Å². The Hall–Kier alpha value is -3.56. The molecule has 0 spiro atoms.